The Bertz CT molecular complexity index is 566. The van der Waals surface area contributed by atoms with Crippen molar-refractivity contribution in [1.29, 1.82) is 0 Å². The first kappa shape index (κ1) is 14.1. The number of carbonyl (C=O) groups excluding carboxylic acids is 2. The number of thioether (sulfide) groups is 1. The Hall–Kier alpha value is -1.89. The number of carbonyl (C=O) groups is 2. The number of urea groups is 2. The Kier molecular flexibility index (Phi) is 3.92. The molecule has 1 N–H and O–H groups in total. The van der Waals surface area contributed by atoms with E-state index in [0.29, 0.717) is 19.6 Å². The topological polar surface area (TPSA) is 61.9 Å². The molecule has 0 aromatic heterocycles. The molecule has 3 rings (SSSR count). The van der Waals surface area contributed by atoms with Gasteiger partial charge in [-0.05, 0) is 17.7 Å². The molecule has 1 atom stereocenters. The monoisotopic (exact) mass is 307 g/mol. The maximum atomic E-state index is 12.5. The van der Waals surface area contributed by atoms with Crippen LogP contribution >= 0.6 is 11.8 Å². The van der Waals surface area contributed by atoms with E-state index in [0.717, 1.165) is 17.1 Å². The number of nitrogens with zero attached hydrogens (tertiary/aromatic N) is 2. The quantitative estimate of drug-likeness (QED) is 0.906. The van der Waals surface area contributed by atoms with Crippen LogP contribution in [0.5, 0.6) is 5.75 Å². The first-order chi connectivity index (χ1) is 10.2. The van der Waals surface area contributed by atoms with Crippen LogP contribution in [0.2, 0.25) is 0 Å². The third kappa shape index (κ3) is 2.65. The van der Waals surface area contributed by atoms with Gasteiger partial charge in [-0.3, -0.25) is 0 Å². The van der Waals surface area contributed by atoms with Crippen LogP contribution in [0, 0.1) is 0 Å². The van der Waals surface area contributed by atoms with Gasteiger partial charge in [-0.1, -0.05) is 12.1 Å². The molecule has 2 aliphatic heterocycles. The molecule has 6 nitrogen and oxygen atoms in total. The summed E-state index contributed by atoms with van der Waals surface area (Å²) in [6.45, 7) is 1.61. The highest BCUT2D eigenvalue weighted by Crippen LogP contribution is 2.39. The minimum Gasteiger partial charge on any atom is -0.497 e. The van der Waals surface area contributed by atoms with Gasteiger partial charge < -0.3 is 15.0 Å². The molecular formula is C14H17N3O3S. The smallest absolute Gasteiger partial charge is 0.329 e. The van der Waals surface area contributed by atoms with Gasteiger partial charge in [0.25, 0.3) is 0 Å². The second kappa shape index (κ2) is 5.85. The Morgan fingerprint density at radius 2 is 2.29 bits per heavy atom. The van der Waals surface area contributed by atoms with Crippen LogP contribution < -0.4 is 10.1 Å². The Morgan fingerprint density at radius 3 is 3.00 bits per heavy atom. The van der Waals surface area contributed by atoms with Gasteiger partial charge >= 0.3 is 12.1 Å². The van der Waals surface area contributed by atoms with E-state index in [2.05, 4.69) is 5.32 Å². The number of hydrogen-bond acceptors (Lipinski definition) is 4. The van der Waals surface area contributed by atoms with Crippen molar-refractivity contribution < 1.29 is 14.3 Å². The van der Waals surface area contributed by atoms with E-state index in [9.17, 15) is 9.59 Å². The molecule has 1 aromatic carbocycles. The fraction of sp³-hybridized carbons (Fsp3) is 0.429. The highest BCUT2D eigenvalue weighted by Gasteiger charge is 2.37. The Labute approximate surface area is 127 Å². The minimum absolute atomic E-state index is 0.0685. The molecule has 4 amide bonds. The van der Waals surface area contributed by atoms with E-state index in [1.807, 2.05) is 24.3 Å². The van der Waals surface area contributed by atoms with E-state index in [1.165, 1.54) is 4.90 Å². The lowest BCUT2D eigenvalue weighted by Gasteiger charge is -2.27. The summed E-state index contributed by atoms with van der Waals surface area (Å²) in [6, 6.07) is 7.19. The number of benzene rings is 1. The third-order valence-corrected chi connectivity index (χ3v) is 4.86. The Balaban J connectivity index is 1.81. The third-order valence-electron chi connectivity index (χ3n) is 3.60. The zero-order valence-corrected chi connectivity index (χ0v) is 12.6. The van der Waals surface area contributed by atoms with Crippen molar-refractivity contribution >= 4 is 23.8 Å². The average Bonchev–Trinajstić information content (AvgIpc) is 3.15. The molecule has 1 aromatic rings. The van der Waals surface area contributed by atoms with Crippen LogP contribution in [-0.4, -0.2) is 54.4 Å². The Morgan fingerprint density at radius 1 is 1.43 bits per heavy atom. The molecule has 0 aliphatic carbocycles. The molecule has 0 radical (unpaired) electrons. The van der Waals surface area contributed by atoms with Crippen molar-refractivity contribution in [3.63, 3.8) is 0 Å². The zero-order valence-electron chi connectivity index (χ0n) is 11.7. The summed E-state index contributed by atoms with van der Waals surface area (Å²) < 4.78 is 5.24. The number of ether oxygens (including phenoxy) is 1. The van der Waals surface area contributed by atoms with Crippen LogP contribution in [0.25, 0.3) is 0 Å². The second-order valence-corrected chi connectivity index (χ2v) is 6.05. The molecule has 7 heteroatoms. The van der Waals surface area contributed by atoms with Gasteiger partial charge in [0.15, 0.2) is 0 Å². The van der Waals surface area contributed by atoms with Crippen LogP contribution in [0.4, 0.5) is 9.59 Å². The van der Waals surface area contributed by atoms with Crippen molar-refractivity contribution in [2.24, 2.45) is 0 Å². The predicted molar refractivity (Wildman–Crippen MR) is 80.4 cm³/mol. The predicted octanol–water partition coefficient (Wildman–Crippen LogP) is 1.89. The molecule has 0 bridgehead atoms. The first-order valence-electron chi connectivity index (χ1n) is 6.82. The number of methoxy groups -OCH3 is 1. The summed E-state index contributed by atoms with van der Waals surface area (Å²) in [5, 5.41) is 2.59. The minimum atomic E-state index is -0.304. The maximum absolute atomic E-state index is 12.5. The van der Waals surface area contributed by atoms with E-state index >= 15 is 0 Å². The molecule has 0 unspecified atom stereocenters. The summed E-state index contributed by atoms with van der Waals surface area (Å²) in [4.78, 5) is 27.2. The summed E-state index contributed by atoms with van der Waals surface area (Å²) in [7, 11) is 1.62. The SMILES string of the molecule is COc1cccc([C@@H]2SCCN2C(=O)N2CCNC2=O)c1. The molecular weight excluding hydrogens is 290 g/mol. The normalized spacial score (nSPS) is 21.6. The van der Waals surface area contributed by atoms with E-state index < -0.39 is 0 Å². The van der Waals surface area contributed by atoms with Gasteiger partial charge in [0, 0.05) is 25.4 Å². The first-order valence-corrected chi connectivity index (χ1v) is 7.87. The summed E-state index contributed by atoms with van der Waals surface area (Å²) in [5.41, 5.74) is 1.02. The van der Waals surface area contributed by atoms with Crippen molar-refractivity contribution in [2.45, 2.75) is 5.37 Å². The van der Waals surface area contributed by atoms with Crippen molar-refractivity contribution in [3.8, 4) is 5.75 Å². The van der Waals surface area contributed by atoms with Crippen LogP contribution in [0.3, 0.4) is 0 Å². The fourth-order valence-corrected chi connectivity index (χ4v) is 3.79. The summed E-state index contributed by atoms with van der Waals surface area (Å²) in [5.74, 6) is 1.63. The standard InChI is InChI=1S/C14H17N3O3S/c1-20-11-4-2-3-10(9-11)12-16(7-8-21-12)14(19)17-6-5-15-13(17)18/h2-4,9,12H,5-8H2,1H3,(H,15,18)/t12-/m0/s1. The number of rotatable bonds is 2. The van der Waals surface area contributed by atoms with E-state index in [-0.39, 0.29) is 17.4 Å². The molecule has 21 heavy (non-hydrogen) atoms. The molecule has 2 fully saturated rings. The number of imide groups is 1. The maximum Gasteiger partial charge on any atom is 0.329 e. The van der Waals surface area contributed by atoms with Crippen molar-refractivity contribution in [3.05, 3.63) is 29.8 Å². The van der Waals surface area contributed by atoms with Gasteiger partial charge in [-0.2, -0.15) is 0 Å². The van der Waals surface area contributed by atoms with E-state index in [1.54, 1.807) is 23.8 Å². The van der Waals surface area contributed by atoms with E-state index in [4.69, 9.17) is 4.74 Å². The molecule has 2 saturated heterocycles. The van der Waals surface area contributed by atoms with Gasteiger partial charge in [0.05, 0.1) is 7.11 Å². The zero-order chi connectivity index (χ0) is 14.8. The second-order valence-electron chi connectivity index (χ2n) is 4.86. The van der Waals surface area contributed by atoms with Crippen molar-refractivity contribution in [2.75, 3.05) is 32.5 Å². The van der Waals surface area contributed by atoms with Crippen LogP contribution in [0.1, 0.15) is 10.9 Å². The summed E-state index contributed by atoms with van der Waals surface area (Å²) >= 11 is 1.70. The highest BCUT2D eigenvalue weighted by molar-refractivity contribution is 7.99. The lowest BCUT2D eigenvalue weighted by Crippen LogP contribution is -2.44. The van der Waals surface area contributed by atoms with Gasteiger partial charge in [0.2, 0.25) is 0 Å². The lowest BCUT2D eigenvalue weighted by molar-refractivity contribution is 0.165. The number of amides is 4. The van der Waals surface area contributed by atoms with Gasteiger partial charge in [-0.15, -0.1) is 11.8 Å². The lowest BCUT2D eigenvalue weighted by atomic mass is 10.2. The molecule has 0 spiro atoms. The van der Waals surface area contributed by atoms with Crippen LogP contribution in [-0.2, 0) is 0 Å². The number of nitrogens with one attached hydrogen (secondary N) is 1. The fourth-order valence-electron chi connectivity index (χ4n) is 2.55. The van der Waals surface area contributed by atoms with Crippen molar-refractivity contribution in [1.82, 2.24) is 15.1 Å². The molecule has 2 aliphatic rings. The molecule has 0 saturated carbocycles. The van der Waals surface area contributed by atoms with Gasteiger partial charge in [0.1, 0.15) is 11.1 Å². The number of hydrogen-bond donors (Lipinski definition) is 1. The largest absolute Gasteiger partial charge is 0.497 e. The highest BCUT2D eigenvalue weighted by atomic mass is 32.2. The average molecular weight is 307 g/mol. The molecule has 112 valence electrons. The molecule has 2 heterocycles. The summed E-state index contributed by atoms with van der Waals surface area (Å²) in [6.07, 6.45) is 0. The van der Waals surface area contributed by atoms with Gasteiger partial charge in [-0.25, -0.2) is 14.5 Å². The van der Waals surface area contributed by atoms with Crippen LogP contribution in [0.15, 0.2) is 24.3 Å².